The van der Waals surface area contributed by atoms with Crippen LogP contribution in [0.3, 0.4) is 0 Å². The zero-order valence-corrected chi connectivity index (χ0v) is 20.5. The Morgan fingerprint density at radius 3 is 2.29 bits per heavy atom. The third-order valence-corrected chi connectivity index (χ3v) is 5.57. The first-order valence-electron chi connectivity index (χ1n) is 11.1. The fourth-order valence-corrected chi connectivity index (χ4v) is 3.36. The van der Waals surface area contributed by atoms with Crippen LogP contribution in [0.4, 0.5) is 18.9 Å². The number of hydrogen-bond acceptors (Lipinski definition) is 3. The van der Waals surface area contributed by atoms with Crippen LogP contribution in [0.2, 0.25) is 5.02 Å². The molecule has 7 heteroatoms. The third kappa shape index (κ3) is 7.42. The average molecular weight is 502 g/mol. The summed E-state index contributed by atoms with van der Waals surface area (Å²) in [7, 11) is 0. The van der Waals surface area contributed by atoms with Crippen molar-refractivity contribution >= 4 is 17.3 Å². The number of ether oxygens (including phenoxy) is 1. The molecule has 184 valence electrons. The van der Waals surface area contributed by atoms with Crippen LogP contribution in [-0.4, -0.2) is 23.4 Å². The topological polar surface area (TPSA) is 41.5 Å². The van der Waals surface area contributed by atoms with E-state index in [-0.39, 0.29) is 10.6 Å². The first kappa shape index (κ1) is 26.5. The smallest absolute Gasteiger partial charge is 0.298 e. The van der Waals surface area contributed by atoms with E-state index in [0.717, 1.165) is 23.7 Å². The number of benzene rings is 3. The highest BCUT2D eigenvalue weighted by molar-refractivity contribution is 6.30. The van der Waals surface area contributed by atoms with Crippen molar-refractivity contribution in [3.8, 4) is 17.6 Å². The summed E-state index contributed by atoms with van der Waals surface area (Å²) < 4.78 is 47.1. The van der Waals surface area contributed by atoms with Gasteiger partial charge in [-0.15, -0.1) is 0 Å². The highest BCUT2D eigenvalue weighted by Crippen LogP contribution is 2.31. The van der Waals surface area contributed by atoms with Gasteiger partial charge in [0.05, 0.1) is 5.02 Å². The summed E-state index contributed by atoms with van der Waals surface area (Å²) in [6.07, 6.45) is -1.09. The Morgan fingerprint density at radius 1 is 1.03 bits per heavy atom. The highest BCUT2D eigenvalue weighted by atomic mass is 35.5. The summed E-state index contributed by atoms with van der Waals surface area (Å²) in [5.74, 6) is 2.64. The molecule has 3 rings (SSSR count). The molecule has 3 aromatic rings. The summed E-state index contributed by atoms with van der Waals surface area (Å²) in [6, 6.07) is 17.8. The molecule has 0 aliphatic heterocycles. The molecule has 2 N–H and O–H groups in total. The first-order valence-corrected chi connectivity index (χ1v) is 11.5. The molecule has 0 aliphatic carbocycles. The van der Waals surface area contributed by atoms with E-state index in [4.69, 9.17) is 16.3 Å². The second-order valence-corrected chi connectivity index (χ2v) is 9.10. The minimum atomic E-state index is -3.27. The third-order valence-electron chi connectivity index (χ3n) is 5.26. The molecule has 0 aromatic heterocycles. The molecule has 35 heavy (non-hydrogen) atoms. The number of halogens is 4. The van der Waals surface area contributed by atoms with Gasteiger partial charge in [0.15, 0.2) is 5.60 Å². The Bertz CT molecular complexity index is 1200. The summed E-state index contributed by atoms with van der Waals surface area (Å²) in [5, 5.41) is 12.6. The van der Waals surface area contributed by atoms with Crippen LogP contribution in [0.25, 0.3) is 0 Å². The molecule has 0 fully saturated rings. The fourth-order valence-electron chi connectivity index (χ4n) is 3.24. The zero-order chi connectivity index (χ0) is 25.6. The molecule has 0 aliphatic rings. The molecule has 0 radical (unpaired) electrons. The molecule has 1 unspecified atom stereocenters. The van der Waals surface area contributed by atoms with Crippen molar-refractivity contribution in [1.29, 1.82) is 0 Å². The predicted molar refractivity (Wildman–Crippen MR) is 134 cm³/mol. The fraction of sp³-hybridized carbons (Fsp3) is 0.286. The average Bonchev–Trinajstić information content (AvgIpc) is 2.81. The van der Waals surface area contributed by atoms with Crippen molar-refractivity contribution in [3.63, 3.8) is 0 Å². The maximum absolute atomic E-state index is 13.9. The van der Waals surface area contributed by atoms with Crippen LogP contribution in [0.1, 0.15) is 37.5 Å². The van der Waals surface area contributed by atoms with Gasteiger partial charge < -0.3 is 15.2 Å². The van der Waals surface area contributed by atoms with Crippen LogP contribution in [-0.2, 0) is 12.3 Å². The van der Waals surface area contributed by atoms with E-state index in [1.807, 2.05) is 24.3 Å². The number of anilines is 1. The minimum Gasteiger partial charge on any atom is -0.475 e. The lowest BCUT2D eigenvalue weighted by Crippen LogP contribution is -2.27. The molecule has 1 atom stereocenters. The standard InChI is InChI=1S/C28H27ClF3NO2/c1-19(34)28(31,32)22-8-4-21(5-9-22)15-17-33-23-10-6-20(7-11-23)14-16-27(2,3)35-24-12-13-25(29)26(30)18-24/h4-13,18-19,33-34H,15,17H2,1-3H3. The van der Waals surface area contributed by atoms with Gasteiger partial charge in [0.2, 0.25) is 0 Å². The van der Waals surface area contributed by atoms with E-state index in [0.29, 0.717) is 18.7 Å². The quantitative estimate of drug-likeness (QED) is 0.333. The van der Waals surface area contributed by atoms with Crippen molar-refractivity contribution in [2.75, 3.05) is 11.9 Å². The van der Waals surface area contributed by atoms with E-state index in [2.05, 4.69) is 17.2 Å². The number of nitrogens with one attached hydrogen (secondary N) is 1. The molecular formula is C28H27ClF3NO2. The van der Waals surface area contributed by atoms with E-state index in [9.17, 15) is 18.3 Å². The molecule has 0 bridgehead atoms. The van der Waals surface area contributed by atoms with E-state index in [1.165, 1.54) is 24.3 Å². The maximum Gasteiger partial charge on any atom is 0.298 e. The first-order chi connectivity index (χ1) is 16.5. The zero-order valence-electron chi connectivity index (χ0n) is 19.7. The normalized spacial score (nSPS) is 12.5. The van der Waals surface area contributed by atoms with Gasteiger partial charge in [0.1, 0.15) is 17.7 Å². The molecule has 3 aromatic carbocycles. The van der Waals surface area contributed by atoms with Gasteiger partial charge in [-0.3, -0.25) is 0 Å². The van der Waals surface area contributed by atoms with Gasteiger partial charge in [-0.25, -0.2) is 4.39 Å². The number of aliphatic hydroxyl groups is 1. The van der Waals surface area contributed by atoms with Crippen molar-refractivity contribution in [1.82, 2.24) is 0 Å². The summed E-state index contributed by atoms with van der Waals surface area (Å²) >= 11 is 5.70. The van der Waals surface area contributed by atoms with Crippen molar-refractivity contribution in [2.24, 2.45) is 0 Å². The van der Waals surface area contributed by atoms with Crippen LogP contribution >= 0.6 is 11.6 Å². The van der Waals surface area contributed by atoms with Gasteiger partial charge >= 0.3 is 0 Å². The Hall–Kier alpha value is -3.14. The maximum atomic E-state index is 13.9. The molecule has 0 heterocycles. The van der Waals surface area contributed by atoms with E-state index in [1.54, 1.807) is 32.0 Å². The predicted octanol–water partition coefficient (Wildman–Crippen LogP) is 6.82. The number of hydrogen-bond donors (Lipinski definition) is 2. The summed E-state index contributed by atoms with van der Waals surface area (Å²) in [5.41, 5.74) is 1.57. The molecule has 3 nitrogen and oxygen atoms in total. The molecule has 0 amide bonds. The lowest BCUT2D eigenvalue weighted by Gasteiger charge is -2.20. The summed E-state index contributed by atoms with van der Waals surface area (Å²) in [6.45, 7) is 5.28. The van der Waals surface area contributed by atoms with Gasteiger partial charge in [0.25, 0.3) is 5.92 Å². The molecule has 0 saturated carbocycles. The van der Waals surface area contributed by atoms with Crippen molar-refractivity contribution < 1.29 is 23.0 Å². The van der Waals surface area contributed by atoms with Crippen LogP contribution in [0.5, 0.6) is 5.75 Å². The van der Waals surface area contributed by atoms with Crippen LogP contribution in [0, 0.1) is 17.7 Å². The monoisotopic (exact) mass is 501 g/mol. The number of rotatable bonds is 8. The lowest BCUT2D eigenvalue weighted by atomic mass is 10.0. The molecule has 0 saturated heterocycles. The SMILES string of the molecule is CC(O)C(F)(F)c1ccc(CCNc2ccc(C#CC(C)(C)Oc3ccc(Cl)c(F)c3)cc2)cc1. The van der Waals surface area contributed by atoms with E-state index < -0.39 is 23.4 Å². The molecular weight excluding hydrogens is 475 g/mol. The van der Waals surface area contributed by atoms with Crippen LogP contribution < -0.4 is 10.1 Å². The Labute approximate surface area is 208 Å². The lowest BCUT2D eigenvalue weighted by molar-refractivity contribution is -0.106. The van der Waals surface area contributed by atoms with Gasteiger partial charge in [-0.1, -0.05) is 47.7 Å². The van der Waals surface area contributed by atoms with Gasteiger partial charge in [-0.05, 0) is 69.2 Å². The Balaban J connectivity index is 1.52. The molecule has 0 spiro atoms. The van der Waals surface area contributed by atoms with E-state index >= 15 is 0 Å². The summed E-state index contributed by atoms with van der Waals surface area (Å²) in [4.78, 5) is 0. The Kier molecular flexibility index (Phi) is 8.37. The second kappa shape index (κ2) is 11.1. The number of aliphatic hydroxyl groups excluding tert-OH is 1. The Morgan fingerprint density at radius 2 is 1.69 bits per heavy atom. The second-order valence-electron chi connectivity index (χ2n) is 8.69. The van der Waals surface area contributed by atoms with Gasteiger partial charge in [-0.2, -0.15) is 8.78 Å². The number of alkyl halides is 2. The highest BCUT2D eigenvalue weighted by Gasteiger charge is 2.37. The van der Waals surface area contributed by atoms with Crippen molar-refractivity contribution in [2.45, 2.75) is 44.8 Å². The van der Waals surface area contributed by atoms with Crippen molar-refractivity contribution in [3.05, 3.63) is 94.3 Å². The van der Waals surface area contributed by atoms with Crippen LogP contribution in [0.15, 0.2) is 66.7 Å². The minimum absolute atomic E-state index is 0.0326. The van der Waals surface area contributed by atoms with Gasteiger partial charge in [0, 0.05) is 29.4 Å². The largest absolute Gasteiger partial charge is 0.475 e.